The number of carbonyl (C=O) groups excluding carboxylic acids is 1. The molecular formula is C14H19NO5S. The average Bonchev–Trinajstić information content (AvgIpc) is 2.44. The number of hydrogen-bond acceptors (Lipinski definition) is 5. The zero-order chi connectivity index (χ0) is 15.5. The van der Waals surface area contributed by atoms with Crippen molar-refractivity contribution in [3.63, 3.8) is 0 Å². The van der Waals surface area contributed by atoms with Crippen molar-refractivity contribution in [1.29, 1.82) is 0 Å². The summed E-state index contributed by atoms with van der Waals surface area (Å²) >= 11 is 0. The molecule has 2 rings (SSSR count). The maximum Gasteiger partial charge on any atom is 0.337 e. The van der Waals surface area contributed by atoms with Gasteiger partial charge in [0.05, 0.1) is 24.2 Å². The van der Waals surface area contributed by atoms with Crippen LogP contribution in [0.15, 0.2) is 29.2 Å². The van der Waals surface area contributed by atoms with Crippen LogP contribution in [0.5, 0.6) is 0 Å². The van der Waals surface area contributed by atoms with Gasteiger partial charge in [-0.3, -0.25) is 0 Å². The van der Waals surface area contributed by atoms with Gasteiger partial charge in [0.2, 0.25) is 10.0 Å². The lowest BCUT2D eigenvalue weighted by Crippen LogP contribution is -2.45. The van der Waals surface area contributed by atoms with Gasteiger partial charge in [0.1, 0.15) is 0 Å². The van der Waals surface area contributed by atoms with Crippen molar-refractivity contribution >= 4 is 16.0 Å². The van der Waals surface area contributed by atoms with Crippen molar-refractivity contribution in [3.8, 4) is 0 Å². The van der Waals surface area contributed by atoms with Gasteiger partial charge in [-0.15, -0.1) is 0 Å². The van der Waals surface area contributed by atoms with Gasteiger partial charge in [0.25, 0.3) is 0 Å². The molecule has 1 aliphatic carbocycles. The number of hydrogen-bond donors (Lipinski definition) is 1. The Morgan fingerprint density at radius 3 is 2.67 bits per heavy atom. The molecule has 1 aromatic carbocycles. The van der Waals surface area contributed by atoms with Crippen LogP contribution in [0.4, 0.5) is 0 Å². The van der Waals surface area contributed by atoms with Gasteiger partial charge in [0, 0.05) is 12.6 Å². The second-order valence-corrected chi connectivity index (χ2v) is 6.83. The summed E-state index contributed by atoms with van der Waals surface area (Å²) in [6, 6.07) is 5.71. The normalized spacial score (nSPS) is 15.8. The van der Waals surface area contributed by atoms with Crippen molar-refractivity contribution in [2.75, 3.05) is 20.3 Å². The Morgan fingerprint density at radius 2 is 2.14 bits per heavy atom. The molecule has 0 aromatic heterocycles. The summed E-state index contributed by atoms with van der Waals surface area (Å²) in [4.78, 5) is 11.6. The van der Waals surface area contributed by atoms with Crippen molar-refractivity contribution in [3.05, 3.63) is 29.8 Å². The molecule has 116 valence electrons. The van der Waals surface area contributed by atoms with Gasteiger partial charge in [-0.1, -0.05) is 12.5 Å². The van der Waals surface area contributed by atoms with E-state index < -0.39 is 16.0 Å². The number of ether oxygens (including phenoxy) is 1. The molecular weight excluding hydrogens is 294 g/mol. The van der Waals surface area contributed by atoms with Gasteiger partial charge < -0.3 is 9.84 Å². The molecule has 1 fully saturated rings. The summed E-state index contributed by atoms with van der Waals surface area (Å²) in [7, 11) is -2.48. The first-order valence-electron chi connectivity index (χ1n) is 6.82. The molecule has 1 aliphatic rings. The van der Waals surface area contributed by atoms with Crippen LogP contribution in [0.3, 0.4) is 0 Å². The number of esters is 1. The Hall–Kier alpha value is -1.44. The summed E-state index contributed by atoms with van der Waals surface area (Å²) in [6.45, 7) is -0.165. The number of nitrogens with zero attached hydrogens (tertiary/aromatic N) is 1. The molecule has 0 aliphatic heterocycles. The molecule has 0 amide bonds. The van der Waals surface area contributed by atoms with Crippen molar-refractivity contribution in [1.82, 2.24) is 4.31 Å². The number of aliphatic hydroxyl groups is 1. The van der Waals surface area contributed by atoms with E-state index in [2.05, 4.69) is 4.74 Å². The maximum atomic E-state index is 12.7. The second kappa shape index (κ2) is 6.55. The van der Waals surface area contributed by atoms with Crippen LogP contribution in [0, 0.1) is 0 Å². The molecule has 1 saturated carbocycles. The molecule has 1 aromatic rings. The zero-order valence-corrected chi connectivity index (χ0v) is 12.7. The predicted octanol–water partition coefficient (Wildman–Crippen LogP) is 1.01. The Balaban J connectivity index is 2.35. The van der Waals surface area contributed by atoms with E-state index in [1.807, 2.05) is 0 Å². The highest BCUT2D eigenvalue weighted by Gasteiger charge is 2.34. The maximum absolute atomic E-state index is 12.7. The van der Waals surface area contributed by atoms with E-state index in [0.717, 1.165) is 19.3 Å². The number of rotatable bonds is 6. The molecule has 6 nitrogen and oxygen atoms in total. The Bertz CT molecular complexity index is 610. The third kappa shape index (κ3) is 3.25. The van der Waals surface area contributed by atoms with Crippen LogP contribution < -0.4 is 0 Å². The fraction of sp³-hybridized carbons (Fsp3) is 0.500. The third-order valence-electron chi connectivity index (χ3n) is 3.66. The number of methoxy groups -OCH3 is 1. The summed E-state index contributed by atoms with van der Waals surface area (Å²) in [5, 5.41) is 9.12. The van der Waals surface area contributed by atoms with Gasteiger partial charge in [0.15, 0.2) is 0 Å². The Labute approximate surface area is 124 Å². The summed E-state index contributed by atoms with van der Waals surface area (Å²) in [5.74, 6) is -0.579. The summed E-state index contributed by atoms with van der Waals surface area (Å²) < 4.78 is 31.3. The molecule has 0 spiro atoms. The van der Waals surface area contributed by atoms with Gasteiger partial charge in [-0.05, 0) is 31.0 Å². The standard InChI is InChI=1S/C14H19NO5S/c1-20-14(17)11-4-2-7-13(10-11)21(18,19)15(8-9-16)12-5-3-6-12/h2,4,7,10,12,16H,3,5-6,8-9H2,1H3. The van der Waals surface area contributed by atoms with E-state index in [0.29, 0.717) is 0 Å². The molecule has 0 atom stereocenters. The van der Waals surface area contributed by atoms with E-state index >= 15 is 0 Å². The molecule has 21 heavy (non-hydrogen) atoms. The first-order valence-corrected chi connectivity index (χ1v) is 8.26. The number of sulfonamides is 1. The van der Waals surface area contributed by atoms with E-state index in [1.165, 1.54) is 35.7 Å². The molecule has 0 heterocycles. The van der Waals surface area contributed by atoms with E-state index in [1.54, 1.807) is 0 Å². The fourth-order valence-electron chi connectivity index (χ4n) is 2.31. The molecule has 0 radical (unpaired) electrons. The summed E-state index contributed by atoms with van der Waals surface area (Å²) in [6.07, 6.45) is 2.59. The minimum Gasteiger partial charge on any atom is -0.465 e. The topological polar surface area (TPSA) is 83.9 Å². The molecule has 0 unspecified atom stereocenters. The minimum atomic E-state index is -3.72. The first kappa shape index (κ1) is 15.9. The van der Waals surface area contributed by atoms with Crippen LogP contribution in [-0.4, -0.2) is 50.1 Å². The molecule has 0 saturated heterocycles. The van der Waals surface area contributed by atoms with Gasteiger partial charge >= 0.3 is 5.97 Å². The monoisotopic (exact) mass is 313 g/mol. The highest BCUT2D eigenvalue weighted by molar-refractivity contribution is 7.89. The Kier molecular flexibility index (Phi) is 4.97. The molecule has 1 N–H and O–H groups in total. The molecule has 0 bridgehead atoms. The predicted molar refractivity (Wildman–Crippen MR) is 76.4 cm³/mol. The first-order chi connectivity index (χ1) is 10.0. The highest BCUT2D eigenvalue weighted by Crippen LogP contribution is 2.29. The zero-order valence-electron chi connectivity index (χ0n) is 11.9. The van der Waals surface area contributed by atoms with E-state index in [4.69, 9.17) is 5.11 Å². The van der Waals surface area contributed by atoms with Crippen molar-refractivity contribution in [2.45, 2.75) is 30.2 Å². The number of benzene rings is 1. The van der Waals surface area contributed by atoms with Crippen LogP contribution >= 0.6 is 0 Å². The largest absolute Gasteiger partial charge is 0.465 e. The third-order valence-corrected chi connectivity index (χ3v) is 5.61. The summed E-state index contributed by atoms with van der Waals surface area (Å²) in [5.41, 5.74) is 0.191. The van der Waals surface area contributed by atoms with Gasteiger partial charge in [-0.2, -0.15) is 4.31 Å². The van der Waals surface area contributed by atoms with Crippen LogP contribution in [-0.2, 0) is 14.8 Å². The SMILES string of the molecule is COC(=O)c1cccc(S(=O)(=O)N(CCO)C2CCC2)c1. The van der Waals surface area contributed by atoms with E-state index in [-0.39, 0.29) is 29.7 Å². The van der Waals surface area contributed by atoms with Crippen LogP contribution in [0.25, 0.3) is 0 Å². The lowest BCUT2D eigenvalue weighted by atomic mass is 9.93. The lowest BCUT2D eigenvalue weighted by molar-refractivity contribution is 0.0600. The van der Waals surface area contributed by atoms with Crippen molar-refractivity contribution < 1.29 is 23.1 Å². The van der Waals surface area contributed by atoms with E-state index in [9.17, 15) is 13.2 Å². The minimum absolute atomic E-state index is 0.0470. The number of carbonyl (C=O) groups is 1. The lowest BCUT2D eigenvalue weighted by Gasteiger charge is -2.36. The smallest absolute Gasteiger partial charge is 0.337 e. The highest BCUT2D eigenvalue weighted by atomic mass is 32.2. The Morgan fingerprint density at radius 1 is 1.43 bits per heavy atom. The average molecular weight is 313 g/mol. The van der Waals surface area contributed by atoms with Crippen molar-refractivity contribution in [2.24, 2.45) is 0 Å². The fourth-order valence-corrected chi connectivity index (χ4v) is 4.03. The van der Waals surface area contributed by atoms with Crippen LogP contribution in [0.2, 0.25) is 0 Å². The second-order valence-electron chi connectivity index (χ2n) is 4.94. The quantitative estimate of drug-likeness (QED) is 0.792. The number of aliphatic hydroxyl groups excluding tert-OH is 1. The van der Waals surface area contributed by atoms with Gasteiger partial charge in [-0.25, -0.2) is 13.2 Å². The van der Waals surface area contributed by atoms with Crippen LogP contribution in [0.1, 0.15) is 29.6 Å². The molecule has 7 heteroatoms.